The molecule has 1 aliphatic carbocycles. The molecule has 2 atom stereocenters. The molecule has 0 aromatic carbocycles. The molecule has 1 heterocycles. The highest BCUT2D eigenvalue weighted by atomic mass is 16.7. The molecule has 0 bridgehead atoms. The molecule has 2 aliphatic rings. The van der Waals surface area contributed by atoms with Crippen molar-refractivity contribution in [2.45, 2.75) is 51.7 Å². The third-order valence-corrected chi connectivity index (χ3v) is 3.53. The molecule has 1 saturated carbocycles. The van der Waals surface area contributed by atoms with Gasteiger partial charge in [0.05, 0.1) is 11.8 Å². The normalized spacial score (nSPS) is 39.5. The predicted molar refractivity (Wildman–Crippen MR) is 51.8 cm³/mol. The lowest BCUT2D eigenvalue weighted by atomic mass is 9.70. The van der Waals surface area contributed by atoms with E-state index in [2.05, 4.69) is 0 Å². The second kappa shape index (κ2) is 3.22. The van der Waals surface area contributed by atoms with Gasteiger partial charge in [-0.3, -0.25) is 9.59 Å². The average Bonchev–Trinajstić information content (AvgIpc) is 2.33. The Bertz CT molecular complexity index is 312. The Kier molecular flexibility index (Phi) is 2.24. The van der Waals surface area contributed by atoms with E-state index in [1.165, 1.54) is 6.92 Å². The molecular weight excluding hydrogens is 196 g/mol. The van der Waals surface area contributed by atoms with E-state index in [1.807, 2.05) is 6.92 Å². The molecular formula is C11H16O4. The highest BCUT2D eigenvalue weighted by Crippen LogP contribution is 2.54. The van der Waals surface area contributed by atoms with Gasteiger partial charge in [-0.15, -0.1) is 0 Å². The molecule has 84 valence electrons. The number of ether oxygens (including phenoxy) is 2. The minimum Gasteiger partial charge on any atom is -0.422 e. The minimum absolute atomic E-state index is 0.249. The molecule has 15 heavy (non-hydrogen) atoms. The van der Waals surface area contributed by atoms with Crippen LogP contribution in [0.15, 0.2) is 0 Å². The van der Waals surface area contributed by atoms with Crippen LogP contribution in [0, 0.1) is 5.41 Å². The number of hydrogen-bond acceptors (Lipinski definition) is 4. The molecule has 0 N–H and O–H groups in total. The highest BCUT2D eigenvalue weighted by Gasteiger charge is 2.61. The van der Waals surface area contributed by atoms with Crippen LogP contribution in [0.25, 0.3) is 0 Å². The summed E-state index contributed by atoms with van der Waals surface area (Å²) in [5, 5.41) is 0. The van der Waals surface area contributed by atoms with Gasteiger partial charge in [-0.25, -0.2) is 0 Å². The van der Waals surface area contributed by atoms with Crippen molar-refractivity contribution in [3.8, 4) is 0 Å². The molecule has 0 aromatic rings. The Hall–Kier alpha value is -1.06. The van der Waals surface area contributed by atoms with E-state index < -0.39 is 5.79 Å². The summed E-state index contributed by atoms with van der Waals surface area (Å²) in [6.07, 6.45) is 3.88. The van der Waals surface area contributed by atoms with Gasteiger partial charge in [0, 0.05) is 13.3 Å². The van der Waals surface area contributed by atoms with Gasteiger partial charge >= 0.3 is 11.9 Å². The van der Waals surface area contributed by atoms with Crippen LogP contribution in [-0.2, 0) is 19.1 Å². The molecule has 0 spiro atoms. The first-order valence-electron chi connectivity index (χ1n) is 5.39. The monoisotopic (exact) mass is 212 g/mol. The Labute approximate surface area is 88.9 Å². The zero-order valence-corrected chi connectivity index (χ0v) is 9.17. The van der Waals surface area contributed by atoms with Crippen LogP contribution >= 0.6 is 0 Å². The summed E-state index contributed by atoms with van der Waals surface area (Å²) >= 11 is 0. The van der Waals surface area contributed by atoms with Gasteiger partial charge < -0.3 is 9.47 Å². The second-order valence-electron chi connectivity index (χ2n) is 4.77. The lowest BCUT2D eigenvalue weighted by Crippen LogP contribution is -2.49. The van der Waals surface area contributed by atoms with Crippen molar-refractivity contribution in [1.29, 1.82) is 0 Å². The van der Waals surface area contributed by atoms with Crippen molar-refractivity contribution in [2.75, 3.05) is 0 Å². The van der Waals surface area contributed by atoms with Gasteiger partial charge in [-0.05, 0) is 12.8 Å². The van der Waals surface area contributed by atoms with E-state index in [4.69, 9.17) is 9.47 Å². The van der Waals surface area contributed by atoms with Crippen LogP contribution in [0.5, 0.6) is 0 Å². The number of rotatable bonds is 1. The van der Waals surface area contributed by atoms with Crippen molar-refractivity contribution in [3.05, 3.63) is 0 Å². The molecule has 0 aromatic heterocycles. The number of carbonyl (C=O) groups is 2. The smallest absolute Gasteiger partial charge is 0.309 e. The summed E-state index contributed by atoms with van der Waals surface area (Å²) in [5.41, 5.74) is -0.325. The molecule has 1 saturated heterocycles. The van der Waals surface area contributed by atoms with Gasteiger partial charge in [0.2, 0.25) is 0 Å². The first kappa shape index (κ1) is 10.5. The lowest BCUT2D eigenvalue weighted by molar-refractivity contribution is -0.253. The third-order valence-electron chi connectivity index (χ3n) is 3.53. The molecule has 0 unspecified atom stereocenters. The lowest BCUT2D eigenvalue weighted by Gasteiger charge is -2.43. The van der Waals surface area contributed by atoms with Gasteiger partial charge in [0.25, 0.3) is 5.79 Å². The van der Waals surface area contributed by atoms with E-state index in [-0.39, 0.29) is 17.4 Å². The van der Waals surface area contributed by atoms with Crippen molar-refractivity contribution < 1.29 is 19.1 Å². The number of hydrogen-bond donors (Lipinski definition) is 0. The number of esters is 2. The summed E-state index contributed by atoms with van der Waals surface area (Å²) < 4.78 is 10.6. The summed E-state index contributed by atoms with van der Waals surface area (Å²) in [4.78, 5) is 22.5. The Morgan fingerprint density at radius 1 is 1.40 bits per heavy atom. The molecule has 2 rings (SSSR count). The quantitative estimate of drug-likeness (QED) is 0.621. The van der Waals surface area contributed by atoms with Crippen molar-refractivity contribution in [3.63, 3.8) is 0 Å². The molecule has 2 fully saturated rings. The van der Waals surface area contributed by atoms with Crippen LogP contribution in [0.3, 0.4) is 0 Å². The van der Waals surface area contributed by atoms with Crippen molar-refractivity contribution in [2.24, 2.45) is 5.41 Å². The van der Waals surface area contributed by atoms with Gasteiger partial charge in [-0.2, -0.15) is 0 Å². The Morgan fingerprint density at radius 2 is 2.07 bits per heavy atom. The molecule has 0 amide bonds. The number of carbonyl (C=O) groups excluding carboxylic acids is 2. The van der Waals surface area contributed by atoms with Crippen LogP contribution < -0.4 is 0 Å². The largest absolute Gasteiger partial charge is 0.422 e. The molecule has 0 radical (unpaired) electrons. The fraction of sp³-hybridized carbons (Fsp3) is 0.818. The van der Waals surface area contributed by atoms with Gasteiger partial charge in [-0.1, -0.05) is 13.3 Å². The first-order valence-corrected chi connectivity index (χ1v) is 5.39. The van der Waals surface area contributed by atoms with Crippen molar-refractivity contribution >= 4 is 11.9 Å². The highest BCUT2D eigenvalue weighted by molar-refractivity contribution is 5.75. The summed E-state index contributed by atoms with van der Waals surface area (Å²) in [6, 6.07) is 0. The van der Waals surface area contributed by atoms with Crippen LogP contribution in [0.2, 0.25) is 0 Å². The van der Waals surface area contributed by atoms with Crippen LogP contribution in [0.4, 0.5) is 0 Å². The molecule has 4 heteroatoms. The van der Waals surface area contributed by atoms with E-state index in [0.29, 0.717) is 12.8 Å². The minimum atomic E-state index is -0.978. The molecule has 4 nitrogen and oxygen atoms in total. The Morgan fingerprint density at radius 3 is 2.73 bits per heavy atom. The maximum atomic E-state index is 11.4. The van der Waals surface area contributed by atoms with Gasteiger partial charge in [0.1, 0.15) is 0 Å². The van der Waals surface area contributed by atoms with E-state index in [0.717, 1.165) is 19.3 Å². The van der Waals surface area contributed by atoms with Gasteiger partial charge in [0.15, 0.2) is 0 Å². The van der Waals surface area contributed by atoms with Crippen LogP contribution in [-0.4, -0.2) is 17.7 Å². The maximum absolute atomic E-state index is 11.4. The van der Waals surface area contributed by atoms with E-state index in [9.17, 15) is 9.59 Å². The van der Waals surface area contributed by atoms with Crippen LogP contribution in [0.1, 0.15) is 46.0 Å². The number of fused-ring (bicyclic) bond motifs is 1. The summed E-state index contributed by atoms with van der Waals surface area (Å²) in [7, 11) is 0. The average molecular weight is 212 g/mol. The molecule has 1 aliphatic heterocycles. The fourth-order valence-corrected chi connectivity index (χ4v) is 2.73. The maximum Gasteiger partial charge on any atom is 0.309 e. The van der Waals surface area contributed by atoms with E-state index >= 15 is 0 Å². The van der Waals surface area contributed by atoms with E-state index in [1.54, 1.807) is 0 Å². The second-order valence-corrected chi connectivity index (χ2v) is 4.77. The fourth-order valence-electron chi connectivity index (χ4n) is 2.73. The Balaban J connectivity index is 2.31. The van der Waals surface area contributed by atoms with Crippen molar-refractivity contribution in [1.82, 2.24) is 0 Å². The predicted octanol–water partition coefficient (Wildman–Crippen LogP) is 1.77. The third kappa shape index (κ3) is 1.52. The topological polar surface area (TPSA) is 52.6 Å². The standard InChI is InChI=1S/C11H16O4/c1-8(12)14-11-6-4-3-5-10(11,2)7-9(13)15-11/h3-7H2,1-2H3/t10-,11-/m0/s1. The zero-order chi connectivity index (χ0) is 11.1. The zero-order valence-electron chi connectivity index (χ0n) is 9.17. The first-order chi connectivity index (χ1) is 6.97. The summed E-state index contributed by atoms with van der Waals surface area (Å²) in [6.45, 7) is 3.33. The SMILES string of the molecule is CC(=O)O[C@]12CCCC[C@@]1(C)CC(=O)O2. The summed E-state index contributed by atoms with van der Waals surface area (Å²) in [5.74, 6) is -1.60.